The summed E-state index contributed by atoms with van der Waals surface area (Å²) in [6.07, 6.45) is -4.67. The maximum absolute atomic E-state index is 14.6. The van der Waals surface area contributed by atoms with E-state index in [-0.39, 0.29) is 35.7 Å². The zero-order valence-electron chi connectivity index (χ0n) is 16.4. The molecule has 2 heterocycles. The fourth-order valence-electron chi connectivity index (χ4n) is 3.33. The number of amidine groups is 1. The van der Waals surface area contributed by atoms with Crippen LogP contribution in [0.4, 0.5) is 23.2 Å². The van der Waals surface area contributed by atoms with Crippen LogP contribution in [-0.4, -0.2) is 17.6 Å². The number of aliphatic imine (C=N–C) groups is 1. The molecule has 0 bridgehead atoms. The van der Waals surface area contributed by atoms with Gasteiger partial charge >= 0.3 is 6.18 Å². The summed E-state index contributed by atoms with van der Waals surface area (Å²) < 4.78 is 64.2. The molecule has 10 heteroatoms. The van der Waals surface area contributed by atoms with E-state index in [1.807, 2.05) is 6.92 Å². The largest absolute Gasteiger partial charge is 0.465 e. The summed E-state index contributed by atoms with van der Waals surface area (Å²) in [6, 6.07) is 3.32. The Morgan fingerprint density at radius 2 is 2.03 bits per heavy atom. The van der Waals surface area contributed by atoms with Crippen LogP contribution in [0.5, 0.6) is 0 Å². The Morgan fingerprint density at radius 1 is 1.34 bits per heavy atom. The number of alkyl halides is 3. The van der Waals surface area contributed by atoms with Crippen molar-refractivity contribution in [1.82, 2.24) is 4.98 Å². The van der Waals surface area contributed by atoms with Gasteiger partial charge in [0.05, 0.1) is 18.2 Å². The molecule has 0 saturated carbocycles. The second kappa shape index (κ2) is 7.23. The average Bonchev–Trinajstić information content (AvgIpc) is 3.02. The molecule has 6 nitrogen and oxygen atoms in total. The van der Waals surface area contributed by atoms with Gasteiger partial charge in [0.15, 0.2) is 5.89 Å². The summed E-state index contributed by atoms with van der Waals surface area (Å²) in [5.41, 5.74) is 5.11. The van der Waals surface area contributed by atoms with E-state index in [1.165, 1.54) is 32.0 Å². The molecule has 0 amide bonds. The number of halogens is 4. The number of nitrogens with two attached hydrogens (primary N) is 1. The van der Waals surface area contributed by atoms with Crippen molar-refractivity contribution in [2.75, 3.05) is 11.9 Å². The van der Waals surface area contributed by atoms with E-state index in [0.717, 1.165) is 0 Å². The van der Waals surface area contributed by atoms with Gasteiger partial charge in [0.2, 0.25) is 5.76 Å². The minimum Gasteiger partial charge on any atom is -0.465 e. The van der Waals surface area contributed by atoms with E-state index >= 15 is 0 Å². The molecule has 1 aliphatic heterocycles. The van der Waals surface area contributed by atoms with Crippen LogP contribution in [0.25, 0.3) is 0 Å². The number of aryl methyl sites for hydroxylation is 1. The Labute approximate surface area is 165 Å². The number of nitrogens with zero attached hydrogens (tertiary/aromatic N) is 2. The van der Waals surface area contributed by atoms with E-state index in [2.05, 4.69) is 15.3 Å². The zero-order valence-corrected chi connectivity index (χ0v) is 16.4. The molecule has 1 aliphatic rings. The Morgan fingerprint density at radius 3 is 2.69 bits per heavy atom. The molecule has 3 rings (SSSR count). The van der Waals surface area contributed by atoms with Gasteiger partial charge in [-0.05, 0) is 32.0 Å². The maximum Gasteiger partial charge on any atom is 0.451 e. The molecule has 29 heavy (non-hydrogen) atoms. The van der Waals surface area contributed by atoms with Gasteiger partial charge in [0.1, 0.15) is 11.5 Å². The van der Waals surface area contributed by atoms with Crippen molar-refractivity contribution in [2.45, 2.75) is 45.5 Å². The molecule has 0 fully saturated rings. The number of anilines is 1. The van der Waals surface area contributed by atoms with Gasteiger partial charge in [-0.2, -0.15) is 13.2 Å². The van der Waals surface area contributed by atoms with Crippen LogP contribution >= 0.6 is 0 Å². The molecule has 0 saturated heterocycles. The van der Waals surface area contributed by atoms with Gasteiger partial charge in [-0.25, -0.2) is 14.4 Å². The van der Waals surface area contributed by atoms with Gasteiger partial charge in [0.25, 0.3) is 6.02 Å². The SMILES string of the molecule is Cc1nc(C(C)Nc2ccc(F)c([C@@]3(C)N=C(N)OC[C@H]3C)c2)c(C(F)(F)F)o1. The summed E-state index contributed by atoms with van der Waals surface area (Å²) in [7, 11) is 0. The van der Waals surface area contributed by atoms with E-state index in [0.29, 0.717) is 5.69 Å². The smallest absolute Gasteiger partial charge is 0.451 e. The van der Waals surface area contributed by atoms with Crippen molar-refractivity contribution < 1.29 is 26.7 Å². The van der Waals surface area contributed by atoms with Crippen LogP contribution in [0.1, 0.15) is 49.7 Å². The van der Waals surface area contributed by atoms with E-state index in [9.17, 15) is 17.6 Å². The Balaban J connectivity index is 1.95. The van der Waals surface area contributed by atoms with Crippen LogP contribution in [0.15, 0.2) is 27.6 Å². The van der Waals surface area contributed by atoms with Crippen molar-refractivity contribution in [1.29, 1.82) is 0 Å². The highest BCUT2D eigenvalue weighted by molar-refractivity contribution is 5.73. The normalized spacial score (nSPS) is 23.3. The predicted octanol–water partition coefficient (Wildman–Crippen LogP) is 4.51. The first-order chi connectivity index (χ1) is 13.4. The number of rotatable bonds is 4. The maximum atomic E-state index is 14.6. The lowest BCUT2D eigenvalue weighted by atomic mass is 9.80. The summed E-state index contributed by atoms with van der Waals surface area (Å²) in [5, 5.41) is 2.93. The molecule has 1 unspecified atom stereocenters. The lowest BCUT2D eigenvalue weighted by Gasteiger charge is -2.36. The molecule has 3 atom stereocenters. The van der Waals surface area contributed by atoms with Gasteiger partial charge in [-0.3, -0.25) is 0 Å². The predicted molar refractivity (Wildman–Crippen MR) is 98.8 cm³/mol. The minimum atomic E-state index is -4.67. The van der Waals surface area contributed by atoms with Crippen molar-refractivity contribution in [3.05, 3.63) is 46.9 Å². The lowest BCUT2D eigenvalue weighted by molar-refractivity contribution is -0.154. The number of ether oxygens (including phenoxy) is 1. The number of benzene rings is 1. The molecule has 0 aliphatic carbocycles. The summed E-state index contributed by atoms with van der Waals surface area (Å²) in [4.78, 5) is 8.14. The Hall–Kier alpha value is -2.78. The highest BCUT2D eigenvalue weighted by atomic mass is 19.4. The van der Waals surface area contributed by atoms with Crippen molar-refractivity contribution in [2.24, 2.45) is 16.6 Å². The van der Waals surface area contributed by atoms with Gasteiger partial charge in [-0.1, -0.05) is 6.92 Å². The minimum absolute atomic E-state index is 0.0374. The Bertz CT molecular complexity index is 941. The molecular formula is C19H22F4N4O2. The van der Waals surface area contributed by atoms with Crippen molar-refractivity contribution >= 4 is 11.7 Å². The standard InChI is InChI=1S/C19H22F4N4O2/c1-9-8-28-17(24)27-18(9,4)13-7-12(5-6-14(13)20)25-10(2)15-16(19(21,22)23)29-11(3)26-15/h5-7,9-10,25H,8H2,1-4H3,(H2,24,27)/t9-,10?,18+/m1/s1. The molecular weight excluding hydrogens is 392 g/mol. The number of hydrogen-bond acceptors (Lipinski definition) is 6. The molecule has 1 aromatic heterocycles. The number of nitrogens with one attached hydrogen (secondary N) is 1. The first-order valence-corrected chi connectivity index (χ1v) is 9.01. The van der Waals surface area contributed by atoms with Gasteiger partial charge in [0, 0.05) is 24.1 Å². The molecule has 0 radical (unpaired) electrons. The quantitative estimate of drug-likeness (QED) is 0.719. The summed E-state index contributed by atoms with van der Waals surface area (Å²) >= 11 is 0. The van der Waals surface area contributed by atoms with Crippen LogP contribution in [-0.2, 0) is 16.5 Å². The molecule has 1 aromatic carbocycles. The first kappa shape index (κ1) is 20.9. The highest BCUT2D eigenvalue weighted by Crippen LogP contribution is 2.40. The number of hydrogen-bond donors (Lipinski definition) is 2. The highest BCUT2D eigenvalue weighted by Gasteiger charge is 2.41. The zero-order chi connectivity index (χ0) is 21.6. The summed E-state index contributed by atoms with van der Waals surface area (Å²) in [6.45, 7) is 6.72. The van der Waals surface area contributed by atoms with Crippen LogP contribution in [0, 0.1) is 18.7 Å². The number of aromatic nitrogens is 1. The molecule has 3 N–H and O–H groups in total. The fraction of sp³-hybridized carbons (Fsp3) is 0.474. The monoisotopic (exact) mass is 414 g/mol. The third-order valence-corrected chi connectivity index (χ3v) is 5.11. The van der Waals surface area contributed by atoms with Crippen LogP contribution < -0.4 is 11.1 Å². The molecule has 158 valence electrons. The summed E-state index contributed by atoms with van der Waals surface area (Å²) in [5.74, 6) is -1.91. The second-order valence-corrected chi connectivity index (χ2v) is 7.32. The fourth-order valence-corrected chi connectivity index (χ4v) is 3.33. The second-order valence-electron chi connectivity index (χ2n) is 7.32. The van der Waals surface area contributed by atoms with Crippen LogP contribution in [0.3, 0.4) is 0 Å². The van der Waals surface area contributed by atoms with Crippen LogP contribution in [0.2, 0.25) is 0 Å². The van der Waals surface area contributed by atoms with Crippen molar-refractivity contribution in [3.8, 4) is 0 Å². The third-order valence-electron chi connectivity index (χ3n) is 5.11. The third kappa shape index (κ3) is 4.01. The van der Waals surface area contributed by atoms with E-state index in [1.54, 1.807) is 6.92 Å². The lowest BCUT2D eigenvalue weighted by Crippen LogP contribution is -2.40. The van der Waals surface area contributed by atoms with E-state index in [4.69, 9.17) is 14.9 Å². The van der Waals surface area contributed by atoms with E-state index < -0.39 is 29.3 Å². The topological polar surface area (TPSA) is 85.7 Å². The molecule has 2 aromatic rings. The first-order valence-electron chi connectivity index (χ1n) is 9.01. The molecule has 0 spiro atoms. The van der Waals surface area contributed by atoms with Crippen molar-refractivity contribution in [3.63, 3.8) is 0 Å². The number of oxazole rings is 1. The van der Waals surface area contributed by atoms with Gasteiger partial charge in [-0.15, -0.1) is 0 Å². The Kier molecular flexibility index (Phi) is 5.22. The van der Waals surface area contributed by atoms with Gasteiger partial charge < -0.3 is 20.2 Å². The average molecular weight is 414 g/mol.